The summed E-state index contributed by atoms with van der Waals surface area (Å²) >= 11 is 0. The van der Waals surface area contributed by atoms with Crippen LogP contribution in [0.5, 0.6) is 0 Å². The highest BCUT2D eigenvalue weighted by molar-refractivity contribution is 6.15. The number of hydrogen-bond acceptors (Lipinski definition) is 4. The fourth-order valence-corrected chi connectivity index (χ4v) is 5.17. The quantitative estimate of drug-likeness (QED) is 0.187. The van der Waals surface area contributed by atoms with Crippen LogP contribution in [0.15, 0.2) is 54.6 Å². The van der Waals surface area contributed by atoms with Crippen molar-refractivity contribution in [2.45, 2.75) is 102 Å². The molecule has 0 heterocycles. The maximum atomic E-state index is 13.8. The average Bonchev–Trinajstić information content (AvgIpc) is 3.09. The molecule has 0 bridgehead atoms. The summed E-state index contributed by atoms with van der Waals surface area (Å²) in [6, 6.07) is 17.8. The molecule has 0 aromatic heterocycles. The average molecular weight is 643 g/mol. The topological polar surface area (TPSA) is 70.5 Å². The van der Waals surface area contributed by atoms with Gasteiger partial charge in [-0.1, -0.05) is 118 Å². The van der Waals surface area contributed by atoms with Crippen molar-refractivity contribution in [3.05, 3.63) is 92.9 Å². The van der Waals surface area contributed by atoms with Crippen molar-refractivity contribution in [1.82, 2.24) is 4.90 Å². The van der Waals surface area contributed by atoms with Crippen LogP contribution in [0.25, 0.3) is 22.8 Å². The number of carbonyl (C=O) groups is 2. The van der Waals surface area contributed by atoms with Gasteiger partial charge >= 0.3 is 5.97 Å². The number of rotatable bonds is 9. The van der Waals surface area contributed by atoms with E-state index in [2.05, 4.69) is 32.9 Å². The highest BCUT2D eigenvalue weighted by atomic mass is 16.5. The second-order valence-electron chi connectivity index (χ2n) is 11.3. The monoisotopic (exact) mass is 642 g/mol. The van der Waals surface area contributed by atoms with Gasteiger partial charge in [-0.25, -0.2) is 4.79 Å². The number of esters is 1. The van der Waals surface area contributed by atoms with E-state index in [4.69, 9.17) is 10.1 Å². The summed E-state index contributed by atoms with van der Waals surface area (Å²) in [7, 11) is 3.16. The predicted molar refractivity (Wildman–Crippen MR) is 204 cm³/mol. The van der Waals surface area contributed by atoms with Gasteiger partial charge in [-0.3, -0.25) is 4.79 Å². The van der Waals surface area contributed by atoms with E-state index in [-0.39, 0.29) is 24.3 Å². The van der Waals surface area contributed by atoms with Crippen LogP contribution in [0.4, 0.5) is 0 Å². The van der Waals surface area contributed by atoms with Crippen molar-refractivity contribution in [1.29, 1.82) is 5.41 Å². The van der Waals surface area contributed by atoms with Crippen LogP contribution in [-0.2, 0) is 16.0 Å². The van der Waals surface area contributed by atoms with Crippen molar-refractivity contribution in [2.75, 3.05) is 20.7 Å². The molecule has 0 aliphatic rings. The summed E-state index contributed by atoms with van der Waals surface area (Å²) < 4.78 is 4.85. The lowest BCUT2D eigenvalue weighted by Crippen LogP contribution is -2.39. The van der Waals surface area contributed by atoms with Crippen LogP contribution in [0.3, 0.4) is 0 Å². The lowest BCUT2D eigenvalue weighted by atomic mass is 9.93. The molecule has 0 saturated heterocycles. The molecule has 0 saturated carbocycles. The maximum Gasteiger partial charge on any atom is 0.337 e. The van der Waals surface area contributed by atoms with Crippen LogP contribution in [0, 0.1) is 25.2 Å². The number of carbonyl (C=O) groups excluding carboxylic acids is 2. The Hall–Kier alpha value is -3.99. The Morgan fingerprint density at radius 2 is 1.51 bits per heavy atom. The summed E-state index contributed by atoms with van der Waals surface area (Å²) in [5.74, 6) is -0.442. The molecule has 5 heteroatoms. The number of benzene rings is 3. The largest absolute Gasteiger partial charge is 0.465 e. The van der Waals surface area contributed by atoms with Crippen molar-refractivity contribution < 1.29 is 14.3 Å². The van der Waals surface area contributed by atoms with Gasteiger partial charge in [0.25, 0.3) is 5.91 Å². The van der Waals surface area contributed by atoms with Gasteiger partial charge in [-0.2, -0.15) is 0 Å². The molecular formula is C42H62N2O3. The Kier molecular flexibility index (Phi) is 20.6. The summed E-state index contributed by atoms with van der Waals surface area (Å²) in [6.45, 7) is 24.7. The molecule has 3 aromatic carbocycles. The van der Waals surface area contributed by atoms with Crippen molar-refractivity contribution in [2.24, 2.45) is 5.92 Å². The fourth-order valence-electron chi connectivity index (χ4n) is 5.17. The third-order valence-corrected chi connectivity index (χ3v) is 7.70. The van der Waals surface area contributed by atoms with Crippen molar-refractivity contribution >= 4 is 29.2 Å². The minimum Gasteiger partial charge on any atom is -0.465 e. The van der Waals surface area contributed by atoms with Gasteiger partial charge in [0.05, 0.1) is 24.9 Å². The van der Waals surface area contributed by atoms with E-state index in [0.717, 1.165) is 55.8 Å². The van der Waals surface area contributed by atoms with E-state index < -0.39 is 0 Å². The Bertz CT molecular complexity index is 1570. The summed E-state index contributed by atoms with van der Waals surface area (Å²) in [5.41, 5.74) is 7.82. The van der Waals surface area contributed by atoms with Gasteiger partial charge in [0.2, 0.25) is 0 Å². The molecule has 0 aliphatic carbocycles. The molecule has 3 aromatic rings. The number of aryl methyl sites for hydroxylation is 3. The Morgan fingerprint density at radius 1 is 0.894 bits per heavy atom. The summed E-state index contributed by atoms with van der Waals surface area (Å²) in [4.78, 5) is 27.4. The first kappa shape index (κ1) is 43.0. The van der Waals surface area contributed by atoms with E-state index in [9.17, 15) is 9.59 Å². The standard InChI is InChI=1S/C34H40N2O3.C4H10.2C2H6/c1-9-24-13-11-12-22(5)32(24)30(35)20-36(7)33(37)31(21(3)4)29-17-14-26(19-25(29)10-2)28-16-15-27(18-23(28)6)34(38)39-8;1-3-4-2;2*1-2/h10-19,21,35H,9,20H2,1-8H3;3-4H2,1-2H3;2*1-2H3/b25-10-,31-29+,35-30?;;;. The number of unbranched alkanes of at least 4 members (excludes halogenated alkanes) is 1. The number of likely N-dealkylation sites (N-methyl/N-ethyl adjacent to an activating group) is 1. The van der Waals surface area contributed by atoms with Gasteiger partial charge < -0.3 is 15.0 Å². The second kappa shape index (κ2) is 22.5. The van der Waals surface area contributed by atoms with E-state index in [0.29, 0.717) is 11.3 Å². The predicted octanol–water partition coefficient (Wildman–Crippen LogP) is 9.31. The number of nitrogens with zero attached hydrogens (tertiary/aromatic N) is 1. The smallest absolute Gasteiger partial charge is 0.337 e. The van der Waals surface area contributed by atoms with Crippen molar-refractivity contribution in [3.8, 4) is 11.1 Å². The minimum atomic E-state index is -0.359. The highest BCUT2D eigenvalue weighted by Crippen LogP contribution is 2.24. The van der Waals surface area contributed by atoms with Gasteiger partial charge in [-0.15, -0.1) is 0 Å². The molecule has 1 N–H and O–H groups in total. The minimum absolute atomic E-state index is 0.00979. The van der Waals surface area contributed by atoms with Gasteiger partial charge in [0.15, 0.2) is 0 Å². The molecule has 0 atom stereocenters. The van der Waals surface area contributed by atoms with Crippen LogP contribution < -0.4 is 10.4 Å². The molecule has 0 unspecified atom stereocenters. The third-order valence-electron chi connectivity index (χ3n) is 7.70. The Balaban J connectivity index is 0.00000241. The number of ether oxygens (including phenoxy) is 1. The Morgan fingerprint density at radius 3 is 2.00 bits per heavy atom. The van der Waals surface area contributed by atoms with Crippen LogP contribution in [-0.4, -0.2) is 43.2 Å². The van der Waals surface area contributed by atoms with E-state index >= 15 is 0 Å². The van der Waals surface area contributed by atoms with Crippen LogP contribution >= 0.6 is 0 Å². The fraction of sp³-hybridized carbons (Fsp3) is 0.452. The zero-order valence-electron chi connectivity index (χ0n) is 31.9. The summed E-state index contributed by atoms with van der Waals surface area (Å²) in [5, 5.41) is 10.7. The first-order valence-electron chi connectivity index (χ1n) is 17.4. The SMILES string of the molecule is C/C=c1/cc(-c2ccc(C(=O)OC)cc2C)cc/c1=C(\C(=O)N(C)CC(=N)c1c(C)cccc1CC)C(C)C.CC.CC.CCCC. The molecule has 47 heavy (non-hydrogen) atoms. The molecule has 258 valence electrons. The highest BCUT2D eigenvalue weighted by Gasteiger charge is 2.22. The summed E-state index contributed by atoms with van der Waals surface area (Å²) in [6.07, 6.45) is 5.50. The first-order valence-corrected chi connectivity index (χ1v) is 17.4. The molecule has 0 spiro atoms. The van der Waals surface area contributed by atoms with Crippen molar-refractivity contribution in [3.63, 3.8) is 0 Å². The number of methoxy groups -OCH3 is 1. The molecule has 1 amide bonds. The first-order chi connectivity index (χ1) is 22.4. The lowest BCUT2D eigenvalue weighted by Gasteiger charge is -2.23. The zero-order valence-corrected chi connectivity index (χ0v) is 31.9. The molecule has 0 radical (unpaired) electrons. The third kappa shape index (κ3) is 12.0. The number of hydrogen-bond donors (Lipinski definition) is 1. The number of amides is 1. The molecule has 0 fully saturated rings. The molecular weight excluding hydrogens is 580 g/mol. The Labute approximate surface area is 286 Å². The van der Waals surface area contributed by atoms with Gasteiger partial charge in [0, 0.05) is 18.2 Å². The van der Waals surface area contributed by atoms with E-state index in [1.54, 1.807) is 18.0 Å². The van der Waals surface area contributed by atoms with E-state index in [1.165, 1.54) is 20.0 Å². The second-order valence-corrected chi connectivity index (χ2v) is 11.3. The van der Waals surface area contributed by atoms with Crippen LogP contribution in [0.1, 0.15) is 115 Å². The normalized spacial score (nSPS) is 11.2. The van der Waals surface area contributed by atoms with E-state index in [1.807, 2.05) is 105 Å². The molecule has 0 aliphatic heterocycles. The lowest BCUT2D eigenvalue weighted by molar-refractivity contribution is -0.123. The van der Waals surface area contributed by atoms with Gasteiger partial charge in [-0.05, 0) is 89.6 Å². The molecule has 3 rings (SSSR count). The number of nitrogens with one attached hydrogen (secondary N) is 1. The van der Waals surface area contributed by atoms with Gasteiger partial charge in [0.1, 0.15) is 0 Å². The maximum absolute atomic E-state index is 13.8. The zero-order chi connectivity index (χ0) is 36.3. The van der Waals surface area contributed by atoms with Crippen LogP contribution in [0.2, 0.25) is 0 Å². The molecule has 5 nitrogen and oxygen atoms in total.